The standard InChI is InChI=1S/2C17H23NOS.C4H4O4/c2*1-14-12-18(13-14)7-2-8-19-9-5-15-3-4-17-16(11-15)6-10-20-17;5-3(6)1-2-4(7)8/h2*3-4,6,10-11,14H,2,5,7-9,12-13H2,1H3;1-2H,(H,5,6)(H,7,8)/b;;2-1-. The highest BCUT2D eigenvalue weighted by atomic mass is 32.1. The smallest absolute Gasteiger partial charge is 0.328 e. The molecule has 4 heterocycles. The predicted molar refractivity (Wildman–Crippen MR) is 198 cm³/mol. The Morgan fingerprint density at radius 3 is 1.48 bits per heavy atom. The number of aliphatic carboxylic acids is 2. The van der Waals surface area contributed by atoms with Crippen LogP contribution in [0.2, 0.25) is 0 Å². The maximum absolute atomic E-state index is 9.55. The van der Waals surface area contributed by atoms with E-state index in [9.17, 15) is 9.59 Å². The summed E-state index contributed by atoms with van der Waals surface area (Å²) in [6.07, 6.45) is 5.48. The summed E-state index contributed by atoms with van der Waals surface area (Å²) in [5.41, 5.74) is 2.76. The van der Waals surface area contributed by atoms with E-state index >= 15 is 0 Å². The lowest BCUT2D eigenvalue weighted by Gasteiger charge is -2.37. The van der Waals surface area contributed by atoms with Crippen LogP contribution in [-0.4, -0.2) is 97.6 Å². The van der Waals surface area contributed by atoms with Gasteiger partial charge in [-0.05, 0) is 94.4 Å². The van der Waals surface area contributed by atoms with Gasteiger partial charge in [0.25, 0.3) is 0 Å². The molecule has 2 saturated heterocycles. The second kappa shape index (κ2) is 20.4. The van der Waals surface area contributed by atoms with Gasteiger partial charge in [-0.1, -0.05) is 38.1 Å². The molecule has 0 radical (unpaired) electrons. The van der Waals surface area contributed by atoms with Crippen LogP contribution in [0, 0.1) is 11.8 Å². The summed E-state index contributed by atoms with van der Waals surface area (Å²) >= 11 is 3.61. The van der Waals surface area contributed by atoms with Gasteiger partial charge >= 0.3 is 11.9 Å². The molecule has 2 N–H and O–H groups in total. The lowest BCUT2D eigenvalue weighted by molar-refractivity contribution is -0.134. The molecule has 8 nitrogen and oxygen atoms in total. The van der Waals surface area contributed by atoms with E-state index in [2.05, 4.69) is 82.9 Å². The number of carboxylic acid groups (broad SMARTS) is 2. The molecule has 0 saturated carbocycles. The van der Waals surface area contributed by atoms with Crippen LogP contribution in [0.1, 0.15) is 37.8 Å². The summed E-state index contributed by atoms with van der Waals surface area (Å²) < 4.78 is 14.3. The lowest BCUT2D eigenvalue weighted by Crippen LogP contribution is -2.45. The van der Waals surface area contributed by atoms with Gasteiger partial charge in [0.1, 0.15) is 0 Å². The first-order chi connectivity index (χ1) is 23.2. The molecule has 6 rings (SSSR count). The van der Waals surface area contributed by atoms with Crippen LogP contribution in [0.15, 0.2) is 71.4 Å². The number of carboxylic acids is 2. The van der Waals surface area contributed by atoms with E-state index in [1.165, 1.54) is 70.6 Å². The minimum Gasteiger partial charge on any atom is -0.478 e. The summed E-state index contributed by atoms with van der Waals surface area (Å²) in [6.45, 7) is 15.6. The molecule has 2 aliphatic rings. The van der Waals surface area contributed by atoms with Gasteiger partial charge < -0.3 is 29.5 Å². The highest BCUT2D eigenvalue weighted by Gasteiger charge is 2.21. The molecule has 2 aliphatic heterocycles. The monoisotopic (exact) mass is 694 g/mol. The van der Waals surface area contributed by atoms with Crippen molar-refractivity contribution >= 4 is 54.8 Å². The van der Waals surface area contributed by atoms with Crippen molar-refractivity contribution in [1.82, 2.24) is 9.80 Å². The topological polar surface area (TPSA) is 99.5 Å². The van der Waals surface area contributed by atoms with Crippen molar-refractivity contribution in [1.29, 1.82) is 0 Å². The summed E-state index contributed by atoms with van der Waals surface area (Å²) in [4.78, 5) is 24.1. The van der Waals surface area contributed by atoms with E-state index in [-0.39, 0.29) is 0 Å². The van der Waals surface area contributed by atoms with Crippen molar-refractivity contribution in [3.8, 4) is 0 Å². The number of likely N-dealkylation sites (tertiary alicyclic amines) is 2. The second-order valence-electron chi connectivity index (χ2n) is 12.8. The fourth-order valence-corrected chi connectivity index (χ4v) is 7.41. The molecule has 48 heavy (non-hydrogen) atoms. The van der Waals surface area contributed by atoms with Gasteiger partial charge in [0.15, 0.2) is 0 Å². The summed E-state index contributed by atoms with van der Waals surface area (Å²) in [5.74, 6) is -0.703. The van der Waals surface area contributed by atoms with Crippen LogP contribution >= 0.6 is 22.7 Å². The number of hydrogen-bond acceptors (Lipinski definition) is 8. The maximum atomic E-state index is 9.55. The van der Waals surface area contributed by atoms with Gasteiger partial charge in [-0.2, -0.15) is 0 Å². The maximum Gasteiger partial charge on any atom is 0.328 e. The molecule has 0 bridgehead atoms. The van der Waals surface area contributed by atoms with Crippen molar-refractivity contribution < 1.29 is 29.3 Å². The van der Waals surface area contributed by atoms with E-state index in [4.69, 9.17) is 19.7 Å². The van der Waals surface area contributed by atoms with Crippen molar-refractivity contribution in [3.63, 3.8) is 0 Å². The third-order valence-electron chi connectivity index (χ3n) is 8.28. The van der Waals surface area contributed by atoms with Gasteiger partial charge in [-0.3, -0.25) is 0 Å². The molecular formula is C38H50N2O6S2. The van der Waals surface area contributed by atoms with Crippen molar-refractivity contribution in [2.45, 2.75) is 39.5 Å². The Kier molecular flexibility index (Phi) is 16.0. The molecule has 0 amide bonds. The number of carbonyl (C=O) groups is 2. The van der Waals surface area contributed by atoms with E-state index in [0.29, 0.717) is 12.2 Å². The minimum absolute atomic E-state index is 0.558. The Balaban J connectivity index is 0.000000178. The molecule has 0 unspecified atom stereocenters. The number of fused-ring (bicyclic) bond motifs is 2. The molecule has 0 aliphatic carbocycles. The van der Waals surface area contributed by atoms with E-state index < -0.39 is 11.9 Å². The first kappa shape index (κ1) is 37.7. The average Bonchev–Trinajstić information content (AvgIpc) is 3.71. The number of nitrogens with zero attached hydrogens (tertiary/aromatic N) is 2. The molecular weight excluding hydrogens is 645 g/mol. The first-order valence-corrected chi connectivity index (χ1v) is 18.7. The lowest BCUT2D eigenvalue weighted by atomic mass is 10.0. The molecule has 2 aromatic carbocycles. The Morgan fingerprint density at radius 2 is 1.10 bits per heavy atom. The Morgan fingerprint density at radius 1 is 0.688 bits per heavy atom. The first-order valence-electron chi connectivity index (χ1n) is 16.9. The zero-order valence-corrected chi connectivity index (χ0v) is 29.9. The van der Waals surface area contributed by atoms with Crippen LogP contribution in [0.4, 0.5) is 0 Å². The largest absolute Gasteiger partial charge is 0.478 e. The third kappa shape index (κ3) is 13.8. The molecule has 10 heteroatoms. The summed E-state index contributed by atoms with van der Waals surface area (Å²) in [6, 6.07) is 17.9. The molecule has 4 aromatic rings. The minimum atomic E-state index is -1.26. The van der Waals surface area contributed by atoms with Crippen LogP contribution < -0.4 is 0 Å². The predicted octanol–water partition coefficient (Wildman–Crippen LogP) is 7.32. The Hall–Kier alpha value is -3.12. The van der Waals surface area contributed by atoms with Gasteiger partial charge in [-0.25, -0.2) is 9.59 Å². The van der Waals surface area contributed by atoms with Crippen LogP contribution in [-0.2, 0) is 31.9 Å². The Bertz CT molecular complexity index is 1460. The zero-order valence-electron chi connectivity index (χ0n) is 28.2. The number of hydrogen-bond donors (Lipinski definition) is 2. The van der Waals surface area contributed by atoms with Gasteiger partial charge in [0.2, 0.25) is 0 Å². The van der Waals surface area contributed by atoms with E-state index in [1.807, 2.05) is 0 Å². The fraction of sp³-hybridized carbons (Fsp3) is 0.474. The highest BCUT2D eigenvalue weighted by Crippen LogP contribution is 2.23. The molecule has 2 fully saturated rings. The SMILES string of the molecule is CC1CN(CCCOCCc2ccc3sccc3c2)C1.CC1CN(CCCOCCc2ccc3sccc3c2)C1.O=C(O)/C=C\C(=O)O. The van der Waals surface area contributed by atoms with Crippen molar-refractivity contribution in [2.24, 2.45) is 11.8 Å². The molecule has 2 aromatic heterocycles. The average molecular weight is 695 g/mol. The molecule has 0 atom stereocenters. The van der Waals surface area contributed by atoms with Crippen LogP contribution in [0.25, 0.3) is 20.2 Å². The molecule has 260 valence electrons. The van der Waals surface area contributed by atoms with Crippen molar-refractivity contribution in [2.75, 3.05) is 65.7 Å². The summed E-state index contributed by atoms with van der Waals surface area (Å²) in [5, 5.41) is 22.7. The quantitative estimate of drug-likeness (QED) is 0.0931. The Labute approximate surface area is 292 Å². The van der Waals surface area contributed by atoms with E-state index in [1.54, 1.807) is 22.7 Å². The van der Waals surface area contributed by atoms with Gasteiger partial charge in [0, 0.05) is 74.0 Å². The number of thiophene rings is 2. The zero-order chi connectivity index (χ0) is 34.1. The normalized spacial score (nSPS) is 15.5. The number of rotatable bonds is 16. The number of ether oxygens (including phenoxy) is 2. The summed E-state index contributed by atoms with van der Waals surface area (Å²) in [7, 11) is 0. The van der Waals surface area contributed by atoms with Crippen LogP contribution in [0.5, 0.6) is 0 Å². The second-order valence-corrected chi connectivity index (χ2v) is 14.7. The van der Waals surface area contributed by atoms with Crippen molar-refractivity contribution in [3.05, 3.63) is 82.6 Å². The van der Waals surface area contributed by atoms with Gasteiger partial charge in [0.05, 0.1) is 13.2 Å². The highest BCUT2D eigenvalue weighted by molar-refractivity contribution is 7.17. The van der Waals surface area contributed by atoms with Gasteiger partial charge in [-0.15, -0.1) is 22.7 Å². The fourth-order valence-electron chi connectivity index (χ4n) is 5.87. The van der Waals surface area contributed by atoms with Crippen LogP contribution in [0.3, 0.4) is 0 Å². The third-order valence-corrected chi connectivity index (χ3v) is 10.1. The molecule has 0 spiro atoms. The van der Waals surface area contributed by atoms with E-state index in [0.717, 1.165) is 63.9 Å². The number of benzene rings is 2.